The van der Waals surface area contributed by atoms with Gasteiger partial charge in [0.05, 0.1) is 22.8 Å². The molecule has 3 aromatic rings. The van der Waals surface area contributed by atoms with Gasteiger partial charge >= 0.3 is 0 Å². The van der Waals surface area contributed by atoms with Crippen molar-refractivity contribution in [1.82, 2.24) is 9.97 Å². The standard InChI is InChI=1S/C19H15FN4O/c20-16-8-4-9-17-19(16)18(10-12-22-17)21-11-2-1-5-14-6-3-7-15(24-14)13-23-25/h3-4,6-10,12-13,25H,2,11H2,(H,21,22)/b23-13+. The second-order valence-electron chi connectivity index (χ2n) is 5.16. The Morgan fingerprint density at radius 2 is 2.08 bits per heavy atom. The minimum absolute atomic E-state index is 0.300. The third-order valence-electron chi connectivity index (χ3n) is 3.46. The number of hydrogen-bond donors (Lipinski definition) is 2. The maximum Gasteiger partial charge on any atom is 0.134 e. The first-order valence-corrected chi connectivity index (χ1v) is 7.68. The molecule has 5 nitrogen and oxygen atoms in total. The summed E-state index contributed by atoms with van der Waals surface area (Å²) in [7, 11) is 0. The van der Waals surface area contributed by atoms with Crippen LogP contribution >= 0.6 is 0 Å². The molecule has 0 amide bonds. The molecule has 0 atom stereocenters. The molecule has 0 bridgehead atoms. The summed E-state index contributed by atoms with van der Waals surface area (Å²) in [6.07, 6.45) is 3.46. The van der Waals surface area contributed by atoms with Gasteiger partial charge in [0, 0.05) is 24.8 Å². The Morgan fingerprint density at radius 1 is 1.20 bits per heavy atom. The van der Waals surface area contributed by atoms with E-state index < -0.39 is 0 Å². The van der Waals surface area contributed by atoms with E-state index in [0.717, 1.165) is 0 Å². The molecule has 0 aliphatic carbocycles. The van der Waals surface area contributed by atoms with Gasteiger partial charge in [-0.2, -0.15) is 0 Å². The van der Waals surface area contributed by atoms with E-state index in [0.29, 0.717) is 40.9 Å². The van der Waals surface area contributed by atoms with E-state index in [9.17, 15) is 4.39 Å². The maximum atomic E-state index is 14.0. The molecule has 3 rings (SSSR count). The number of halogens is 1. The SMILES string of the molecule is O/N=C/c1cccc(C#CCCNc2ccnc3cccc(F)c23)n1. The summed E-state index contributed by atoms with van der Waals surface area (Å²) >= 11 is 0. The van der Waals surface area contributed by atoms with Crippen molar-refractivity contribution in [3.8, 4) is 11.8 Å². The van der Waals surface area contributed by atoms with Crippen LogP contribution in [0.2, 0.25) is 0 Å². The molecule has 0 saturated heterocycles. The van der Waals surface area contributed by atoms with E-state index in [-0.39, 0.29) is 5.82 Å². The van der Waals surface area contributed by atoms with Crippen molar-refractivity contribution in [3.05, 3.63) is 65.9 Å². The quantitative estimate of drug-likeness (QED) is 0.252. The highest BCUT2D eigenvalue weighted by molar-refractivity contribution is 5.91. The van der Waals surface area contributed by atoms with Gasteiger partial charge in [0.15, 0.2) is 0 Å². The summed E-state index contributed by atoms with van der Waals surface area (Å²) in [5.41, 5.74) is 2.44. The molecule has 2 heterocycles. The van der Waals surface area contributed by atoms with Crippen molar-refractivity contribution in [2.45, 2.75) is 6.42 Å². The van der Waals surface area contributed by atoms with Gasteiger partial charge in [-0.25, -0.2) is 9.37 Å². The summed E-state index contributed by atoms with van der Waals surface area (Å²) in [5, 5.41) is 15.1. The number of nitrogens with zero attached hydrogens (tertiary/aromatic N) is 3. The van der Waals surface area contributed by atoms with Gasteiger partial charge in [-0.3, -0.25) is 4.98 Å². The van der Waals surface area contributed by atoms with Gasteiger partial charge < -0.3 is 10.5 Å². The fourth-order valence-corrected chi connectivity index (χ4v) is 2.37. The first-order chi connectivity index (χ1) is 12.3. The Balaban J connectivity index is 1.64. The molecular weight excluding hydrogens is 319 g/mol. The molecule has 0 saturated carbocycles. The lowest BCUT2D eigenvalue weighted by Gasteiger charge is -2.08. The van der Waals surface area contributed by atoms with E-state index in [1.165, 1.54) is 12.3 Å². The number of benzene rings is 1. The van der Waals surface area contributed by atoms with Crippen LogP contribution in [-0.2, 0) is 0 Å². The Hall–Kier alpha value is -3.46. The topological polar surface area (TPSA) is 70.4 Å². The molecule has 0 aliphatic rings. The van der Waals surface area contributed by atoms with Gasteiger partial charge in [-0.1, -0.05) is 23.2 Å². The van der Waals surface area contributed by atoms with Crippen molar-refractivity contribution >= 4 is 22.8 Å². The van der Waals surface area contributed by atoms with Crippen LogP contribution in [-0.4, -0.2) is 27.9 Å². The molecule has 25 heavy (non-hydrogen) atoms. The van der Waals surface area contributed by atoms with E-state index >= 15 is 0 Å². The normalized spacial score (nSPS) is 10.6. The van der Waals surface area contributed by atoms with E-state index in [4.69, 9.17) is 5.21 Å². The van der Waals surface area contributed by atoms with Crippen molar-refractivity contribution < 1.29 is 9.60 Å². The molecular formula is C19H15FN4O. The molecule has 0 fully saturated rings. The molecule has 0 radical (unpaired) electrons. The molecule has 2 aromatic heterocycles. The minimum Gasteiger partial charge on any atom is -0.411 e. The molecule has 124 valence electrons. The molecule has 0 aliphatic heterocycles. The second-order valence-corrected chi connectivity index (χ2v) is 5.16. The third kappa shape index (κ3) is 4.09. The molecule has 1 aromatic carbocycles. The van der Waals surface area contributed by atoms with Crippen molar-refractivity contribution in [2.24, 2.45) is 5.16 Å². The number of pyridine rings is 2. The van der Waals surface area contributed by atoms with Crippen molar-refractivity contribution in [3.63, 3.8) is 0 Å². The number of oxime groups is 1. The monoisotopic (exact) mass is 334 g/mol. The van der Waals surface area contributed by atoms with Crippen LogP contribution < -0.4 is 5.32 Å². The van der Waals surface area contributed by atoms with Crippen LogP contribution in [0.3, 0.4) is 0 Å². The Labute approximate surface area is 144 Å². The summed E-state index contributed by atoms with van der Waals surface area (Å²) < 4.78 is 14.0. The number of hydrogen-bond acceptors (Lipinski definition) is 5. The first-order valence-electron chi connectivity index (χ1n) is 7.68. The average Bonchev–Trinajstić information content (AvgIpc) is 2.62. The number of aromatic nitrogens is 2. The fraction of sp³-hybridized carbons (Fsp3) is 0.105. The highest BCUT2D eigenvalue weighted by Crippen LogP contribution is 2.24. The van der Waals surface area contributed by atoms with Crippen LogP contribution in [0, 0.1) is 17.7 Å². The zero-order valence-corrected chi connectivity index (χ0v) is 13.3. The summed E-state index contributed by atoms with van der Waals surface area (Å²) in [5.74, 6) is 5.66. The summed E-state index contributed by atoms with van der Waals surface area (Å²) in [6.45, 7) is 0.568. The molecule has 6 heteroatoms. The minimum atomic E-state index is -0.300. The highest BCUT2D eigenvalue weighted by Gasteiger charge is 2.06. The number of fused-ring (bicyclic) bond motifs is 1. The Bertz CT molecular complexity index is 971. The largest absolute Gasteiger partial charge is 0.411 e. The first kappa shape index (κ1) is 16.4. The number of anilines is 1. The smallest absolute Gasteiger partial charge is 0.134 e. The van der Waals surface area contributed by atoms with Crippen LogP contribution in [0.5, 0.6) is 0 Å². The number of rotatable bonds is 4. The van der Waals surface area contributed by atoms with E-state index in [1.54, 1.807) is 42.6 Å². The van der Waals surface area contributed by atoms with Gasteiger partial charge in [-0.05, 0) is 36.3 Å². The Morgan fingerprint density at radius 3 is 2.96 bits per heavy atom. The summed E-state index contributed by atoms with van der Waals surface area (Å²) in [4.78, 5) is 8.38. The second kappa shape index (κ2) is 7.88. The average molecular weight is 334 g/mol. The fourth-order valence-electron chi connectivity index (χ4n) is 2.37. The van der Waals surface area contributed by atoms with Gasteiger partial charge in [-0.15, -0.1) is 0 Å². The predicted molar refractivity (Wildman–Crippen MR) is 95.3 cm³/mol. The zero-order valence-electron chi connectivity index (χ0n) is 13.3. The highest BCUT2D eigenvalue weighted by atomic mass is 19.1. The summed E-state index contributed by atoms with van der Waals surface area (Å²) in [6, 6.07) is 11.9. The maximum absolute atomic E-state index is 14.0. The number of nitrogens with one attached hydrogen (secondary N) is 1. The van der Waals surface area contributed by atoms with Crippen LogP contribution in [0.4, 0.5) is 10.1 Å². The van der Waals surface area contributed by atoms with E-state index in [1.807, 2.05) is 0 Å². The van der Waals surface area contributed by atoms with Crippen molar-refractivity contribution in [1.29, 1.82) is 0 Å². The molecule has 2 N–H and O–H groups in total. The molecule has 0 spiro atoms. The van der Waals surface area contributed by atoms with Gasteiger partial charge in [0.25, 0.3) is 0 Å². The lowest BCUT2D eigenvalue weighted by Crippen LogP contribution is -2.02. The third-order valence-corrected chi connectivity index (χ3v) is 3.46. The Kier molecular flexibility index (Phi) is 5.17. The predicted octanol–water partition coefficient (Wildman–Crippen LogP) is 3.43. The lowest BCUT2D eigenvalue weighted by molar-refractivity contribution is 0.321. The molecule has 0 unspecified atom stereocenters. The van der Waals surface area contributed by atoms with Crippen LogP contribution in [0.25, 0.3) is 10.9 Å². The van der Waals surface area contributed by atoms with Crippen molar-refractivity contribution in [2.75, 3.05) is 11.9 Å². The lowest BCUT2D eigenvalue weighted by atomic mass is 10.1. The van der Waals surface area contributed by atoms with Crippen LogP contribution in [0.1, 0.15) is 17.8 Å². The van der Waals surface area contributed by atoms with Gasteiger partial charge in [0.2, 0.25) is 0 Å². The van der Waals surface area contributed by atoms with Gasteiger partial charge in [0.1, 0.15) is 11.5 Å². The zero-order chi connectivity index (χ0) is 17.5. The van der Waals surface area contributed by atoms with Crippen LogP contribution in [0.15, 0.2) is 53.8 Å². The van der Waals surface area contributed by atoms with E-state index in [2.05, 4.69) is 32.3 Å².